The van der Waals surface area contributed by atoms with Crippen molar-refractivity contribution < 1.29 is 22.9 Å². The molecule has 2 heterocycles. The van der Waals surface area contributed by atoms with E-state index in [1.54, 1.807) is 0 Å². The second-order valence-electron chi connectivity index (χ2n) is 13.7. The van der Waals surface area contributed by atoms with Gasteiger partial charge in [-0.1, -0.05) is 96.6 Å². The largest absolute Gasteiger partial charge is 0.475 e. The molecule has 266 valence electrons. The molecule has 0 radical (unpaired) electrons. The molecule has 1 aliphatic carbocycles. The van der Waals surface area contributed by atoms with Crippen LogP contribution in [0.3, 0.4) is 0 Å². The van der Waals surface area contributed by atoms with E-state index in [0.29, 0.717) is 13.0 Å². The molecule has 2 N–H and O–H groups in total. The summed E-state index contributed by atoms with van der Waals surface area (Å²) in [6, 6.07) is 35.8. The van der Waals surface area contributed by atoms with Crippen molar-refractivity contribution in [2.24, 2.45) is 0 Å². The third-order valence-corrected chi connectivity index (χ3v) is 11.2. The molecular weight excluding hydrogens is 669 g/mol. The first-order valence-corrected chi connectivity index (χ1v) is 19.2. The van der Waals surface area contributed by atoms with Crippen LogP contribution in [-0.4, -0.2) is 22.5 Å². The highest BCUT2D eigenvalue weighted by Gasteiger charge is 2.51. The van der Waals surface area contributed by atoms with Crippen molar-refractivity contribution >= 4 is 24.6 Å². The number of carbonyl (C=O) groups is 1. The van der Waals surface area contributed by atoms with Crippen LogP contribution < -0.4 is 5.32 Å². The standard InChI is InChI=1S/C43H44N3O5P/c1-30-14-17-37(31(2)24-30)38-18-15-32(3)46-41(38)27-45-42(47)43(21-22-43)36-16-19-40-39(25-36)35(26-44-40)20-23-49-52(48,50-28-33-10-6-4-7-11-33)51-29-34-12-8-5-9-13-34/h4-19,24-26,44H,20-23,27-29H2,1-3H3,(H,45,47). The lowest BCUT2D eigenvalue weighted by Crippen LogP contribution is -2.34. The summed E-state index contributed by atoms with van der Waals surface area (Å²) < 4.78 is 31.3. The Balaban J connectivity index is 1.03. The maximum atomic E-state index is 13.9. The van der Waals surface area contributed by atoms with E-state index in [-0.39, 0.29) is 25.7 Å². The zero-order valence-electron chi connectivity index (χ0n) is 29.9. The van der Waals surface area contributed by atoms with Crippen molar-refractivity contribution in [2.45, 2.75) is 65.2 Å². The van der Waals surface area contributed by atoms with Gasteiger partial charge in [0.05, 0.1) is 37.5 Å². The van der Waals surface area contributed by atoms with Gasteiger partial charge in [0.15, 0.2) is 0 Å². The van der Waals surface area contributed by atoms with E-state index in [1.807, 2.05) is 92.0 Å². The molecule has 1 amide bonds. The molecule has 0 saturated heterocycles. The van der Waals surface area contributed by atoms with Crippen molar-refractivity contribution in [1.82, 2.24) is 15.3 Å². The van der Waals surface area contributed by atoms with Crippen molar-refractivity contribution in [3.05, 3.63) is 160 Å². The third-order valence-electron chi connectivity index (χ3n) is 9.79. The van der Waals surface area contributed by atoms with Crippen LogP contribution in [0.25, 0.3) is 22.0 Å². The van der Waals surface area contributed by atoms with Gasteiger partial charge in [-0.2, -0.15) is 0 Å². The Hall–Kier alpha value is -4.85. The highest BCUT2D eigenvalue weighted by Crippen LogP contribution is 2.51. The van der Waals surface area contributed by atoms with Crippen LogP contribution in [0.15, 0.2) is 115 Å². The van der Waals surface area contributed by atoms with E-state index < -0.39 is 13.2 Å². The smallest absolute Gasteiger partial charge is 0.361 e. The molecule has 0 spiro atoms. The van der Waals surface area contributed by atoms with Crippen LogP contribution in [0, 0.1) is 20.8 Å². The van der Waals surface area contributed by atoms with Crippen molar-refractivity contribution in [3.63, 3.8) is 0 Å². The lowest BCUT2D eigenvalue weighted by atomic mass is 9.92. The number of aromatic nitrogens is 2. The van der Waals surface area contributed by atoms with Crippen LogP contribution in [-0.2, 0) is 54.5 Å². The van der Waals surface area contributed by atoms with Gasteiger partial charge in [-0.15, -0.1) is 0 Å². The number of benzene rings is 4. The SMILES string of the molecule is Cc1ccc(-c2ccc(C)nc2CNC(=O)C2(c3ccc4[nH]cc(CCOP(=O)(OCc5ccccc5)OCc5ccccc5)c4c3)CC2)c(C)c1. The lowest BCUT2D eigenvalue weighted by molar-refractivity contribution is -0.123. The molecule has 7 rings (SSSR count). The van der Waals surface area contributed by atoms with Gasteiger partial charge >= 0.3 is 7.82 Å². The molecule has 1 aliphatic rings. The summed E-state index contributed by atoms with van der Waals surface area (Å²) in [5.41, 5.74) is 10.4. The number of fused-ring (bicyclic) bond motifs is 1. The van der Waals surface area contributed by atoms with Crippen LogP contribution in [0.4, 0.5) is 0 Å². The summed E-state index contributed by atoms with van der Waals surface area (Å²) in [6.45, 7) is 6.84. The van der Waals surface area contributed by atoms with Gasteiger partial charge in [-0.25, -0.2) is 4.57 Å². The van der Waals surface area contributed by atoms with Gasteiger partial charge in [-0.3, -0.25) is 23.3 Å². The number of amides is 1. The number of hydrogen-bond donors (Lipinski definition) is 2. The Morgan fingerprint density at radius 1 is 0.808 bits per heavy atom. The van der Waals surface area contributed by atoms with Gasteiger partial charge in [-0.05, 0) is 91.6 Å². The fourth-order valence-corrected chi connectivity index (χ4v) is 7.88. The van der Waals surface area contributed by atoms with Crippen LogP contribution >= 0.6 is 7.82 Å². The number of phosphoric acid groups is 1. The van der Waals surface area contributed by atoms with E-state index in [1.165, 1.54) is 11.1 Å². The fourth-order valence-electron chi connectivity index (χ4n) is 6.73. The van der Waals surface area contributed by atoms with Gasteiger partial charge in [0, 0.05) is 28.4 Å². The Kier molecular flexibility index (Phi) is 10.5. The van der Waals surface area contributed by atoms with E-state index in [2.05, 4.69) is 54.5 Å². The van der Waals surface area contributed by atoms with E-state index in [9.17, 15) is 9.36 Å². The molecule has 6 aromatic rings. The zero-order valence-corrected chi connectivity index (χ0v) is 30.7. The molecule has 0 unspecified atom stereocenters. The number of H-pyrrole nitrogens is 1. The average Bonchev–Trinajstić information content (AvgIpc) is 3.88. The normalized spacial score (nSPS) is 13.7. The molecule has 52 heavy (non-hydrogen) atoms. The van der Waals surface area contributed by atoms with Crippen molar-refractivity contribution in [2.75, 3.05) is 6.61 Å². The third kappa shape index (κ3) is 8.11. The first-order chi connectivity index (χ1) is 25.2. The molecule has 1 fully saturated rings. The molecule has 0 aliphatic heterocycles. The Morgan fingerprint density at radius 3 is 2.13 bits per heavy atom. The minimum atomic E-state index is -3.90. The number of nitrogens with zero attached hydrogens (tertiary/aromatic N) is 1. The quantitative estimate of drug-likeness (QED) is 0.103. The van der Waals surface area contributed by atoms with Crippen LogP contribution in [0.1, 0.15) is 57.6 Å². The molecule has 4 aromatic carbocycles. The Bertz CT molecular complexity index is 2180. The summed E-state index contributed by atoms with van der Waals surface area (Å²) in [7, 11) is -3.90. The lowest BCUT2D eigenvalue weighted by Gasteiger charge is -2.19. The number of pyridine rings is 1. The molecule has 9 heteroatoms. The monoisotopic (exact) mass is 713 g/mol. The Labute approximate surface area is 305 Å². The van der Waals surface area contributed by atoms with Gasteiger partial charge in [0.2, 0.25) is 5.91 Å². The number of nitrogens with one attached hydrogen (secondary N) is 2. The Morgan fingerprint density at radius 2 is 1.48 bits per heavy atom. The van der Waals surface area contributed by atoms with E-state index in [0.717, 1.165) is 68.5 Å². The number of hydrogen-bond acceptors (Lipinski definition) is 6. The van der Waals surface area contributed by atoms with Crippen LogP contribution in [0.5, 0.6) is 0 Å². The number of carbonyl (C=O) groups excluding carboxylic acids is 1. The molecule has 1 saturated carbocycles. The average molecular weight is 714 g/mol. The number of aromatic amines is 1. The topological polar surface area (TPSA) is 103 Å². The maximum Gasteiger partial charge on any atom is 0.475 e. The second kappa shape index (κ2) is 15.4. The number of rotatable bonds is 15. The summed E-state index contributed by atoms with van der Waals surface area (Å²) in [5, 5.41) is 4.24. The molecular formula is C43H44N3O5P. The minimum Gasteiger partial charge on any atom is -0.361 e. The molecule has 0 atom stereocenters. The zero-order chi connectivity index (χ0) is 36.1. The number of aryl methyl sites for hydroxylation is 3. The van der Waals surface area contributed by atoms with Crippen molar-refractivity contribution in [3.8, 4) is 11.1 Å². The summed E-state index contributed by atoms with van der Waals surface area (Å²) >= 11 is 0. The number of phosphoric ester groups is 1. The summed E-state index contributed by atoms with van der Waals surface area (Å²) in [4.78, 5) is 22.1. The first-order valence-electron chi connectivity index (χ1n) is 17.8. The second-order valence-corrected chi connectivity index (χ2v) is 15.3. The van der Waals surface area contributed by atoms with E-state index >= 15 is 0 Å². The molecule has 8 nitrogen and oxygen atoms in total. The molecule has 0 bridgehead atoms. The summed E-state index contributed by atoms with van der Waals surface area (Å²) in [6.07, 6.45) is 3.96. The predicted octanol–water partition coefficient (Wildman–Crippen LogP) is 9.60. The van der Waals surface area contributed by atoms with Crippen LogP contribution in [0.2, 0.25) is 0 Å². The van der Waals surface area contributed by atoms with Gasteiger partial charge < -0.3 is 10.3 Å². The highest BCUT2D eigenvalue weighted by molar-refractivity contribution is 7.48. The van der Waals surface area contributed by atoms with Gasteiger partial charge in [0.25, 0.3) is 0 Å². The highest BCUT2D eigenvalue weighted by atomic mass is 31.2. The maximum absolute atomic E-state index is 13.9. The fraction of sp³-hybridized carbons (Fsp3) is 0.256. The molecule has 2 aromatic heterocycles. The van der Waals surface area contributed by atoms with Gasteiger partial charge in [0.1, 0.15) is 0 Å². The minimum absolute atomic E-state index is 0.00854. The first kappa shape index (κ1) is 35.5. The van der Waals surface area contributed by atoms with E-state index in [4.69, 9.17) is 18.6 Å². The predicted molar refractivity (Wildman–Crippen MR) is 205 cm³/mol. The summed E-state index contributed by atoms with van der Waals surface area (Å²) in [5.74, 6) is 0.00854. The van der Waals surface area contributed by atoms with Crippen molar-refractivity contribution in [1.29, 1.82) is 0 Å².